The molecule has 1 atom stereocenters. The summed E-state index contributed by atoms with van der Waals surface area (Å²) in [4.78, 5) is 15.3. The first-order valence-electron chi connectivity index (χ1n) is 5.29. The number of nitrogens with zero attached hydrogens (tertiary/aromatic N) is 1. The molecule has 94 valence electrons. The lowest BCUT2D eigenvalue weighted by Crippen LogP contribution is -2.28. The number of fused-ring (bicyclic) bond motifs is 1. The van der Waals surface area contributed by atoms with Crippen molar-refractivity contribution in [3.05, 3.63) is 34.4 Å². The van der Waals surface area contributed by atoms with Crippen LogP contribution in [0.5, 0.6) is 5.75 Å². The third-order valence-corrected chi connectivity index (χ3v) is 2.82. The Morgan fingerprint density at radius 2 is 2.17 bits per heavy atom. The van der Waals surface area contributed by atoms with Crippen LogP contribution in [0.3, 0.4) is 0 Å². The molecule has 1 heterocycles. The highest BCUT2D eigenvalue weighted by Crippen LogP contribution is 2.35. The summed E-state index contributed by atoms with van der Waals surface area (Å²) in [5, 5.41) is 0.504. The first kappa shape index (κ1) is 12.4. The van der Waals surface area contributed by atoms with E-state index in [1.54, 1.807) is 31.2 Å². The molecule has 1 amide bonds. The van der Waals surface area contributed by atoms with E-state index in [0.29, 0.717) is 16.3 Å². The van der Waals surface area contributed by atoms with Crippen molar-refractivity contribution in [1.29, 1.82) is 0 Å². The smallest absolute Gasteiger partial charge is 0.279 e. The zero-order valence-corrected chi connectivity index (χ0v) is 10.4. The second-order valence-corrected chi connectivity index (χ2v) is 4.27. The van der Waals surface area contributed by atoms with E-state index in [2.05, 4.69) is 4.99 Å². The second kappa shape index (κ2) is 4.70. The maximum Gasteiger partial charge on any atom is 0.279 e. The van der Waals surface area contributed by atoms with Gasteiger partial charge in [-0.2, -0.15) is 4.99 Å². The molecular formula is C12H12ClN3O2. The fraction of sp³-hybridized carbons (Fsp3) is 0.167. The van der Waals surface area contributed by atoms with Crippen molar-refractivity contribution < 1.29 is 9.53 Å². The summed E-state index contributed by atoms with van der Waals surface area (Å²) >= 11 is 6.01. The van der Waals surface area contributed by atoms with E-state index in [-0.39, 0.29) is 5.96 Å². The minimum absolute atomic E-state index is 0.273. The molecule has 0 radical (unpaired) electrons. The summed E-state index contributed by atoms with van der Waals surface area (Å²) in [5.41, 5.74) is 11.5. The van der Waals surface area contributed by atoms with Crippen LogP contribution in [0.4, 0.5) is 0 Å². The summed E-state index contributed by atoms with van der Waals surface area (Å²) in [5.74, 6) is -0.217. The second-order valence-electron chi connectivity index (χ2n) is 3.86. The minimum atomic E-state index is -0.506. The third kappa shape index (κ3) is 2.31. The predicted octanol–water partition coefficient (Wildman–Crippen LogP) is 1.30. The molecular weight excluding hydrogens is 254 g/mol. The fourth-order valence-corrected chi connectivity index (χ4v) is 1.93. The van der Waals surface area contributed by atoms with Gasteiger partial charge in [0.25, 0.3) is 5.91 Å². The Labute approximate surface area is 109 Å². The molecule has 0 unspecified atom stereocenters. The number of aliphatic imine (C=N–C) groups is 1. The van der Waals surface area contributed by atoms with E-state index < -0.39 is 12.0 Å². The van der Waals surface area contributed by atoms with Gasteiger partial charge in [-0.25, -0.2) is 0 Å². The van der Waals surface area contributed by atoms with Crippen LogP contribution in [0.25, 0.3) is 6.08 Å². The highest BCUT2D eigenvalue weighted by Gasteiger charge is 2.25. The Morgan fingerprint density at radius 1 is 1.44 bits per heavy atom. The molecule has 0 saturated carbocycles. The van der Waals surface area contributed by atoms with Gasteiger partial charge in [-0.3, -0.25) is 4.79 Å². The monoisotopic (exact) mass is 265 g/mol. The Bertz CT molecular complexity index is 562. The molecule has 0 fully saturated rings. The summed E-state index contributed by atoms with van der Waals surface area (Å²) < 4.78 is 5.61. The summed E-state index contributed by atoms with van der Waals surface area (Å²) in [6, 6.07) is 5.30. The van der Waals surface area contributed by atoms with E-state index in [4.69, 9.17) is 27.8 Å². The lowest BCUT2D eigenvalue weighted by atomic mass is 10.0. The minimum Gasteiger partial charge on any atom is -0.484 e. The van der Waals surface area contributed by atoms with E-state index >= 15 is 0 Å². The topological polar surface area (TPSA) is 90.7 Å². The van der Waals surface area contributed by atoms with E-state index in [9.17, 15) is 4.79 Å². The van der Waals surface area contributed by atoms with E-state index in [1.807, 2.05) is 0 Å². The highest BCUT2D eigenvalue weighted by molar-refractivity contribution is 6.32. The van der Waals surface area contributed by atoms with Crippen LogP contribution in [0.1, 0.15) is 12.5 Å². The molecule has 0 saturated heterocycles. The molecule has 0 bridgehead atoms. The average molecular weight is 266 g/mol. The highest BCUT2D eigenvalue weighted by atomic mass is 35.5. The molecule has 1 aliphatic rings. The third-order valence-electron chi connectivity index (χ3n) is 2.52. The van der Waals surface area contributed by atoms with Crippen LogP contribution in [0, 0.1) is 0 Å². The van der Waals surface area contributed by atoms with Crippen LogP contribution in [-0.4, -0.2) is 18.0 Å². The summed E-state index contributed by atoms with van der Waals surface area (Å²) in [6.45, 7) is 1.73. The predicted molar refractivity (Wildman–Crippen MR) is 70.3 cm³/mol. The van der Waals surface area contributed by atoms with Gasteiger partial charge in [0.05, 0.1) is 10.6 Å². The van der Waals surface area contributed by atoms with Gasteiger partial charge in [-0.05, 0) is 19.1 Å². The fourth-order valence-electron chi connectivity index (χ4n) is 1.71. The molecule has 18 heavy (non-hydrogen) atoms. The molecule has 0 aliphatic carbocycles. The number of amides is 1. The van der Waals surface area contributed by atoms with Crippen LogP contribution in [0.2, 0.25) is 5.02 Å². The summed E-state index contributed by atoms with van der Waals surface area (Å²) in [7, 11) is 0. The normalized spacial score (nSPS) is 17.2. The van der Waals surface area contributed by atoms with Gasteiger partial charge in [-0.15, -0.1) is 0 Å². The Kier molecular flexibility index (Phi) is 3.25. The Morgan fingerprint density at radius 3 is 2.83 bits per heavy atom. The van der Waals surface area contributed by atoms with Crippen LogP contribution in [0.15, 0.2) is 28.8 Å². The zero-order chi connectivity index (χ0) is 13.3. The van der Waals surface area contributed by atoms with E-state index in [1.165, 1.54) is 0 Å². The zero-order valence-electron chi connectivity index (χ0n) is 9.68. The standard InChI is InChI=1S/C12H12ClN3O2/c1-6-8(11(17)16-12(14)15)5-7-3-2-4-9(13)10(7)18-6/h2-6H,1H3,(H4,14,15,16,17)/t6-/m1/s1. The van der Waals surface area contributed by atoms with E-state index in [0.717, 1.165) is 5.56 Å². The largest absolute Gasteiger partial charge is 0.484 e. The maximum absolute atomic E-state index is 11.8. The number of guanidine groups is 1. The number of carbonyl (C=O) groups is 1. The van der Waals surface area contributed by atoms with Crippen molar-refractivity contribution in [3.8, 4) is 5.75 Å². The van der Waals surface area contributed by atoms with Crippen molar-refractivity contribution in [2.24, 2.45) is 16.5 Å². The first-order valence-corrected chi connectivity index (χ1v) is 5.67. The van der Waals surface area contributed by atoms with Crippen molar-refractivity contribution in [2.45, 2.75) is 13.0 Å². The van der Waals surface area contributed by atoms with Gasteiger partial charge in [0.1, 0.15) is 11.9 Å². The number of halogens is 1. The van der Waals surface area contributed by atoms with Gasteiger partial charge in [0.15, 0.2) is 5.96 Å². The van der Waals surface area contributed by atoms with Gasteiger partial charge >= 0.3 is 0 Å². The lowest BCUT2D eigenvalue weighted by molar-refractivity contribution is -0.115. The molecule has 0 aromatic heterocycles. The quantitative estimate of drug-likeness (QED) is 0.592. The van der Waals surface area contributed by atoms with Crippen LogP contribution in [-0.2, 0) is 4.79 Å². The number of ether oxygens (including phenoxy) is 1. The molecule has 6 heteroatoms. The number of carbonyl (C=O) groups excluding carboxylic acids is 1. The SMILES string of the molecule is C[C@H]1Oc2c(Cl)cccc2C=C1C(=O)N=C(N)N. The van der Waals surface area contributed by atoms with Gasteiger partial charge in [0, 0.05) is 5.56 Å². The van der Waals surface area contributed by atoms with Crippen LogP contribution >= 0.6 is 11.6 Å². The number of hydrogen-bond donors (Lipinski definition) is 2. The molecule has 5 nitrogen and oxygen atoms in total. The number of rotatable bonds is 1. The summed E-state index contributed by atoms with van der Waals surface area (Å²) in [6.07, 6.45) is 1.23. The molecule has 1 aromatic carbocycles. The Hall–Kier alpha value is -2.01. The van der Waals surface area contributed by atoms with Crippen LogP contribution < -0.4 is 16.2 Å². The maximum atomic E-state index is 11.8. The van der Waals surface area contributed by atoms with Crippen molar-refractivity contribution in [3.63, 3.8) is 0 Å². The Balaban J connectivity index is 2.45. The van der Waals surface area contributed by atoms with Crippen molar-refractivity contribution in [1.82, 2.24) is 0 Å². The number of benzene rings is 1. The van der Waals surface area contributed by atoms with Gasteiger partial charge in [-0.1, -0.05) is 23.7 Å². The number of para-hydroxylation sites is 1. The van der Waals surface area contributed by atoms with Crippen molar-refractivity contribution >= 4 is 29.5 Å². The number of hydrogen-bond acceptors (Lipinski definition) is 2. The van der Waals surface area contributed by atoms with Crippen molar-refractivity contribution in [2.75, 3.05) is 0 Å². The van der Waals surface area contributed by atoms with Gasteiger partial charge in [0.2, 0.25) is 0 Å². The molecule has 1 aromatic rings. The average Bonchev–Trinajstić information content (AvgIpc) is 2.28. The molecule has 1 aliphatic heterocycles. The molecule has 0 spiro atoms. The molecule has 4 N–H and O–H groups in total. The number of nitrogens with two attached hydrogens (primary N) is 2. The van der Waals surface area contributed by atoms with Gasteiger partial charge < -0.3 is 16.2 Å². The lowest BCUT2D eigenvalue weighted by Gasteiger charge is -2.23. The molecule has 2 rings (SSSR count). The first-order chi connectivity index (χ1) is 8.49.